The van der Waals surface area contributed by atoms with Gasteiger partial charge in [0.05, 0.1) is 5.02 Å². The average Bonchev–Trinajstić information content (AvgIpc) is 2.72. The Labute approximate surface area is 88.5 Å². The number of hydrogen-bond donors (Lipinski definition) is 1. The molecular weight excluding hydrogens is 226 g/mol. The van der Waals surface area contributed by atoms with Gasteiger partial charge in [-0.15, -0.1) is 0 Å². The molecule has 3 nitrogen and oxygen atoms in total. The van der Waals surface area contributed by atoms with Crippen molar-refractivity contribution < 1.29 is 0 Å². The predicted octanol–water partition coefficient (Wildman–Crippen LogP) is 2.81. The van der Waals surface area contributed by atoms with E-state index in [1.807, 2.05) is 10.8 Å². The number of thiophene rings is 1. The van der Waals surface area contributed by atoms with Gasteiger partial charge in [0.25, 0.3) is 0 Å². The standard InChI is InChI=1S/C7H6ClN3S2/c8-6-3-12-1-5(6)2-13-7-9-4-10-11-7/h1,3-4H,2H2,(H,9,10,11). The molecule has 2 aromatic heterocycles. The molecule has 0 aromatic carbocycles. The van der Waals surface area contributed by atoms with Crippen LogP contribution in [0.15, 0.2) is 22.2 Å². The van der Waals surface area contributed by atoms with Crippen LogP contribution in [0, 0.1) is 0 Å². The molecule has 2 rings (SSSR count). The molecule has 0 radical (unpaired) electrons. The average molecular weight is 232 g/mol. The van der Waals surface area contributed by atoms with E-state index < -0.39 is 0 Å². The van der Waals surface area contributed by atoms with Crippen LogP contribution >= 0.6 is 34.7 Å². The summed E-state index contributed by atoms with van der Waals surface area (Å²) < 4.78 is 0. The Kier molecular flexibility index (Phi) is 2.87. The molecule has 2 heterocycles. The molecule has 0 saturated heterocycles. The van der Waals surface area contributed by atoms with E-state index in [1.54, 1.807) is 23.1 Å². The number of aromatic nitrogens is 3. The van der Waals surface area contributed by atoms with Gasteiger partial charge < -0.3 is 0 Å². The zero-order valence-electron chi connectivity index (χ0n) is 6.53. The summed E-state index contributed by atoms with van der Waals surface area (Å²) >= 11 is 9.13. The van der Waals surface area contributed by atoms with Gasteiger partial charge in [-0.3, -0.25) is 5.10 Å². The zero-order valence-corrected chi connectivity index (χ0v) is 8.92. The van der Waals surface area contributed by atoms with Gasteiger partial charge in [-0.05, 0) is 10.9 Å². The molecule has 0 bridgehead atoms. The Balaban J connectivity index is 1.97. The highest BCUT2D eigenvalue weighted by Crippen LogP contribution is 2.26. The number of halogens is 1. The van der Waals surface area contributed by atoms with Crippen molar-refractivity contribution in [1.29, 1.82) is 0 Å². The molecule has 1 N–H and O–H groups in total. The van der Waals surface area contributed by atoms with Gasteiger partial charge in [0, 0.05) is 11.1 Å². The number of aromatic amines is 1. The van der Waals surface area contributed by atoms with Gasteiger partial charge in [0.1, 0.15) is 6.33 Å². The molecular formula is C7H6ClN3S2. The van der Waals surface area contributed by atoms with Gasteiger partial charge >= 0.3 is 0 Å². The lowest BCUT2D eigenvalue weighted by molar-refractivity contribution is 0.973. The first kappa shape index (κ1) is 9.05. The molecule has 0 saturated carbocycles. The summed E-state index contributed by atoms with van der Waals surface area (Å²) in [4.78, 5) is 4.00. The second-order valence-electron chi connectivity index (χ2n) is 2.32. The quantitative estimate of drug-likeness (QED) is 0.826. The summed E-state index contributed by atoms with van der Waals surface area (Å²) in [6.07, 6.45) is 1.50. The van der Waals surface area contributed by atoms with Crippen molar-refractivity contribution in [2.45, 2.75) is 10.9 Å². The number of rotatable bonds is 3. The number of H-pyrrole nitrogens is 1. The molecule has 68 valence electrons. The highest BCUT2D eigenvalue weighted by atomic mass is 35.5. The van der Waals surface area contributed by atoms with Gasteiger partial charge in [0.15, 0.2) is 5.16 Å². The highest BCUT2D eigenvalue weighted by Gasteiger charge is 2.03. The first-order chi connectivity index (χ1) is 6.36. The van der Waals surface area contributed by atoms with Crippen LogP contribution in [-0.4, -0.2) is 15.2 Å². The van der Waals surface area contributed by atoms with Crippen molar-refractivity contribution in [1.82, 2.24) is 15.2 Å². The van der Waals surface area contributed by atoms with Gasteiger partial charge in [0.2, 0.25) is 0 Å². The summed E-state index contributed by atoms with van der Waals surface area (Å²) in [6, 6.07) is 0. The van der Waals surface area contributed by atoms with Crippen LogP contribution in [0.1, 0.15) is 5.56 Å². The normalized spacial score (nSPS) is 10.5. The summed E-state index contributed by atoms with van der Waals surface area (Å²) in [5.74, 6) is 0.831. The fourth-order valence-corrected chi connectivity index (χ4v) is 2.83. The van der Waals surface area contributed by atoms with E-state index in [-0.39, 0.29) is 0 Å². The topological polar surface area (TPSA) is 41.6 Å². The summed E-state index contributed by atoms with van der Waals surface area (Å²) in [6.45, 7) is 0. The monoisotopic (exact) mass is 231 g/mol. The molecule has 0 aliphatic rings. The van der Waals surface area contributed by atoms with Crippen LogP contribution < -0.4 is 0 Å². The van der Waals surface area contributed by atoms with Crippen LogP contribution in [0.5, 0.6) is 0 Å². The third-order valence-corrected chi connectivity index (χ3v) is 3.64. The number of nitrogens with zero attached hydrogens (tertiary/aromatic N) is 2. The van der Waals surface area contributed by atoms with E-state index in [9.17, 15) is 0 Å². The molecule has 0 amide bonds. The lowest BCUT2D eigenvalue weighted by atomic mass is 10.4. The van der Waals surface area contributed by atoms with Crippen LogP contribution in [0.2, 0.25) is 5.02 Å². The Bertz CT molecular complexity index is 371. The Morgan fingerprint density at radius 2 is 2.46 bits per heavy atom. The second kappa shape index (κ2) is 4.13. The van der Waals surface area contributed by atoms with E-state index in [4.69, 9.17) is 11.6 Å². The smallest absolute Gasteiger partial charge is 0.183 e. The Morgan fingerprint density at radius 3 is 3.08 bits per heavy atom. The zero-order chi connectivity index (χ0) is 9.10. The summed E-state index contributed by atoms with van der Waals surface area (Å²) in [5.41, 5.74) is 1.15. The van der Waals surface area contributed by atoms with E-state index in [0.29, 0.717) is 0 Å². The van der Waals surface area contributed by atoms with Crippen molar-refractivity contribution in [3.8, 4) is 0 Å². The van der Waals surface area contributed by atoms with Crippen LogP contribution in [0.3, 0.4) is 0 Å². The maximum absolute atomic E-state index is 5.93. The second-order valence-corrected chi connectivity index (χ2v) is 4.44. The molecule has 0 atom stereocenters. The fraction of sp³-hybridized carbons (Fsp3) is 0.143. The minimum atomic E-state index is 0.822. The first-order valence-corrected chi connectivity index (χ1v) is 5.85. The number of nitrogens with one attached hydrogen (secondary N) is 1. The predicted molar refractivity (Wildman–Crippen MR) is 55.3 cm³/mol. The molecule has 2 aromatic rings. The molecule has 0 unspecified atom stereocenters. The van der Waals surface area contributed by atoms with Crippen LogP contribution in [0.25, 0.3) is 0 Å². The lowest BCUT2D eigenvalue weighted by Gasteiger charge is -1.94. The molecule has 0 spiro atoms. The van der Waals surface area contributed by atoms with Crippen molar-refractivity contribution in [2.24, 2.45) is 0 Å². The highest BCUT2D eigenvalue weighted by molar-refractivity contribution is 7.98. The van der Waals surface area contributed by atoms with Gasteiger partial charge in [-0.2, -0.15) is 16.4 Å². The molecule has 6 heteroatoms. The maximum Gasteiger partial charge on any atom is 0.183 e. The van der Waals surface area contributed by atoms with Crippen molar-refractivity contribution in [3.63, 3.8) is 0 Å². The number of hydrogen-bond acceptors (Lipinski definition) is 4. The number of thioether (sulfide) groups is 1. The van der Waals surface area contributed by atoms with Crippen molar-refractivity contribution >= 4 is 34.7 Å². The molecule has 0 fully saturated rings. The third-order valence-electron chi connectivity index (χ3n) is 1.45. The SMILES string of the molecule is Clc1cscc1CSc1ncn[nH]1. The maximum atomic E-state index is 5.93. The first-order valence-electron chi connectivity index (χ1n) is 3.55. The molecule has 0 aliphatic carbocycles. The largest absolute Gasteiger partial charge is 0.254 e. The fourth-order valence-electron chi connectivity index (χ4n) is 0.821. The Morgan fingerprint density at radius 1 is 1.54 bits per heavy atom. The third kappa shape index (κ3) is 2.24. The van der Waals surface area contributed by atoms with Gasteiger partial charge in [-0.25, -0.2) is 4.98 Å². The molecule has 13 heavy (non-hydrogen) atoms. The van der Waals surface area contributed by atoms with Crippen molar-refractivity contribution in [3.05, 3.63) is 27.7 Å². The summed E-state index contributed by atoms with van der Waals surface area (Å²) in [5, 5.41) is 12.2. The molecule has 0 aliphatic heterocycles. The lowest BCUT2D eigenvalue weighted by Crippen LogP contribution is -1.79. The van der Waals surface area contributed by atoms with Crippen LogP contribution in [-0.2, 0) is 5.75 Å². The minimum absolute atomic E-state index is 0.822. The Hall–Kier alpha value is -0.520. The van der Waals surface area contributed by atoms with E-state index >= 15 is 0 Å². The van der Waals surface area contributed by atoms with E-state index in [2.05, 4.69) is 15.2 Å². The van der Waals surface area contributed by atoms with Gasteiger partial charge in [-0.1, -0.05) is 23.4 Å². The van der Waals surface area contributed by atoms with Crippen molar-refractivity contribution in [2.75, 3.05) is 0 Å². The summed E-state index contributed by atoms with van der Waals surface area (Å²) in [7, 11) is 0. The van der Waals surface area contributed by atoms with Crippen LogP contribution in [0.4, 0.5) is 0 Å². The van der Waals surface area contributed by atoms with E-state index in [1.165, 1.54) is 6.33 Å². The van der Waals surface area contributed by atoms with E-state index in [0.717, 1.165) is 21.5 Å². The minimum Gasteiger partial charge on any atom is -0.254 e.